The third kappa shape index (κ3) is 2.53. The van der Waals surface area contributed by atoms with Crippen molar-refractivity contribution in [3.05, 3.63) is 29.0 Å². The Kier molecular flexibility index (Phi) is 3.78. The molecule has 0 bridgehead atoms. The number of aromatic nitrogens is 1. The van der Waals surface area contributed by atoms with Crippen LogP contribution in [-0.2, 0) is 0 Å². The van der Waals surface area contributed by atoms with Crippen molar-refractivity contribution in [3.63, 3.8) is 0 Å². The number of carbonyl (C=O) groups excluding carboxylic acids is 1. The van der Waals surface area contributed by atoms with Gasteiger partial charge in [-0.25, -0.2) is 4.98 Å². The first kappa shape index (κ1) is 11.4. The van der Waals surface area contributed by atoms with Gasteiger partial charge in [0, 0.05) is 19.3 Å². The smallest absolute Gasteiger partial charge is 0.256 e. The lowest BCUT2D eigenvalue weighted by Gasteiger charge is -2.20. The van der Waals surface area contributed by atoms with Crippen molar-refractivity contribution < 1.29 is 4.79 Å². The van der Waals surface area contributed by atoms with E-state index in [1.54, 1.807) is 18.3 Å². The molecule has 0 spiro atoms. The van der Waals surface area contributed by atoms with Crippen molar-refractivity contribution >= 4 is 17.5 Å². The SMILES string of the molecule is O=C(c1cccnc1Cl)N1CCCCCC1. The molecule has 1 aliphatic rings. The molecular weight excluding hydrogens is 224 g/mol. The topological polar surface area (TPSA) is 33.2 Å². The van der Waals surface area contributed by atoms with E-state index < -0.39 is 0 Å². The summed E-state index contributed by atoms with van der Waals surface area (Å²) in [6.45, 7) is 1.67. The van der Waals surface area contributed by atoms with Gasteiger partial charge in [0.05, 0.1) is 5.56 Å². The highest BCUT2D eigenvalue weighted by molar-refractivity contribution is 6.32. The minimum atomic E-state index is 0.0139. The molecule has 1 aromatic heterocycles. The number of pyridine rings is 1. The maximum atomic E-state index is 12.2. The van der Waals surface area contributed by atoms with Crippen LogP contribution >= 0.6 is 11.6 Å². The minimum absolute atomic E-state index is 0.0139. The van der Waals surface area contributed by atoms with Crippen LogP contribution in [0, 0.1) is 0 Å². The minimum Gasteiger partial charge on any atom is -0.339 e. The average Bonchev–Trinajstić information content (AvgIpc) is 2.57. The molecule has 1 fully saturated rings. The summed E-state index contributed by atoms with van der Waals surface area (Å²) in [4.78, 5) is 18.0. The van der Waals surface area contributed by atoms with Crippen molar-refractivity contribution in [1.29, 1.82) is 0 Å². The summed E-state index contributed by atoms with van der Waals surface area (Å²) in [6.07, 6.45) is 6.20. The first-order valence-corrected chi connectivity index (χ1v) is 6.06. The van der Waals surface area contributed by atoms with Gasteiger partial charge in [0.1, 0.15) is 5.15 Å². The third-order valence-corrected chi connectivity index (χ3v) is 3.18. The molecule has 16 heavy (non-hydrogen) atoms. The molecule has 86 valence electrons. The standard InChI is InChI=1S/C12H15ClN2O/c13-11-10(6-5-7-14-11)12(16)15-8-3-1-2-4-9-15/h5-7H,1-4,8-9H2. The summed E-state index contributed by atoms with van der Waals surface area (Å²) < 4.78 is 0. The van der Waals surface area contributed by atoms with Gasteiger partial charge in [-0.15, -0.1) is 0 Å². The van der Waals surface area contributed by atoms with Gasteiger partial charge in [0.2, 0.25) is 0 Å². The monoisotopic (exact) mass is 238 g/mol. The summed E-state index contributed by atoms with van der Waals surface area (Å²) in [5, 5.41) is 0.303. The molecule has 3 nitrogen and oxygen atoms in total. The fourth-order valence-corrected chi connectivity index (χ4v) is 2.19. The van der Waals surface area contributed by atoms with Crippen LogP contribution in [0.15, 0.2) is 18.3 Å². The number of likely N-dealkylation sites (tertiary alicyclic amines) is 1. The maximum absolute atomic E-state index is 12.2. The molecule has 1 saturated heterocycles. The largest absolute Gasteiger partial charge is 0.339 e. The Balaban J connectivity index is 2.14. The van der Waals surface area contributed by atoms with E-state index >= 15 is 0 Å². The molecule has 0 saturated carbocycles. The van der Waals surface area contributed by atoms with E-state index in [0.29, 0.717) is 10.7 Å². The van der Waals surface area contributed by atoms with Crippen molar-refractivity contribution in [3.8, 4) is 0 Å². The van der Waals surface area contributed by atoms with Crippen LogP contribution < -0.4 is 0 Å². The molecule has 2 rings (SSSR count). The lowest BCUT2D eigenvalue weighted by Crippen LogP contribution is -2.32. The van der Waals surface area contributed by atoms with E-state index in [1.807, 2.05) is 4.90 Å². The number of amides is 1. The Bertz CT molecular complexity index is 373. The van der Waals surface area contributed by atoms with Gasteiger partial charge in [-0.1, -0.05) is 24.4 Å². The van der Waals surface area contributed by atoms with Crippen molar-refractivity contribution in [2.24, 2.45) is 0 Å². The fourth-order valence-electron chi connectivity index (χ4n) is 1.99. The number of rotatable bonds is 1. The van der Waals surface area contributed by atoms with E-state index in [2.05, 4.69) is 4.98 Å². The van der Waals surface area contributed by atoms with Crippen molar-refractivity contribution in [2.75, 3.05) is 13.1 Å². The summed E-state index contributed by atoms with van der Waals surface area (Å²) in [5.41, 5.74) is 0.520. The molecule has 0 N–H and O–H groups in total. The molecule has 1 amide bonds. The summed E-state index contributed by atoms with van der Waals surface area (Å²) in [5.74, 6) is 0.0139. The van der Waals surface area contributed by atoms with Crippen LogP contribution in [0.5, 0.6) is 0 Å². The number of nitrogens with zero attached hydrogens (tertiary/aromatic N) is 2. The molecule has 0 aromatic carbocycles. The zero-order valence-corrected chi connectivity index (χ0v) is 9.91. The maximum Gasteiger partial charge on any atom is 0.256 e. The molecule has 4 heteroatoms. The van der Waals surface area contributed by atoms with E-state index in [9.17, 15) is 4.79 Å². The second-order valence-corrected chi connectivity index (χ2v) is 4.41. The van der Waals surface area contributed by atoms with Crippen LogP contribution in [0.25, 0.3) is 0 Å². The number of carbonyl (C=O) groups is 1. The van der Waals surface area contributed by atoms with Crippen LogP contribution in [0.2, 0.25) is 5.15 Å². The summed E-state index contributed by atoms with van der Waals surface area (Å²) in [7, 11) is 0. The van der Waals surface area contributed by atoms with Gasteiger partial charge < -0.3 is 4.90 Å². The van der Waals surface area contributed by atoms with Gasteiger partial charge in [0.15, 0.2) is 0 Å². The Labute approximate surface area is 100 Å². The fraction of sp³-hybridized carbons (Fsp3) is 0.500. The van der Waals surface area contributed by atoms with Gasteiger partial charge in [-0.3, -0.25) is 4.79 Å². The Morgan fingerprint density at radius 3 is 2.56 bits per heavy atom. The quantitative estimate of drug-likeness (QED) is 0.705. The molecule has 1 aliphatic heterocycles. The summed E-state index contributed by atoms with van der Waals surface area (Å²) in [6, 6.07) is 3.49. The van der Waals surface area contributed by atoms with Gasteiger partial charge in [0.25, 0.3) is 5.91 Å². The van der Waals surface area contributed by atoms with Crippen LogP contribution in [0.1, 0.15) is 36.0 Å². The molecule has 2 heterocycles. The molecule has 0 radical (unpaired) electrons. The lowest BCUT2D eigenvalue weighted by molar-refractivity contribution is 0.0761. The highest BCUT2D eigenvalue weighted by Gasteiger charge is 2.19. The normalized spacial score (nSPS) is 16.9. The first-order valence-electron chi connectivity index (χ1n) is 5.69. The number of hydrogen-bond acceptors (Lipinski definition) is 2. The van der Waals surface area contributed by atoms with Crippen molar-refractivity contribution in [2.45, 2.75) is 25.7 Å². The van der Waals surface area contributed by atoms with Crippen LogP contribution in [0.4, 0.5) is 0 Å². The van der Waals surface area contributed by atoms with Gasteiger partial charge >= 0.3 is 0 Å². The zero-order valence-electron chi connectivity index (χ0n) is 9.16. The van der Waals surface area contributed by atoms with Gasteiger partial charge in [-0.2, -0.15) is 0 Å². The molecule has 0 aliphatic carbocycles. The third-order valence-electron chi connectivity index (χ3n) is 2.88. The second kappa shape index (κ2) is 5.30. The van der Waals surface area contributed by atoms with Crippen molar-refractivity contribution in [1.82, 2.24) is 9.88 Å². The Morgan fingerprint density at radius 1 is 1.25 bits per heavy atom. The van der Waals surface area contributed by atoms with Crippen LogP contribution in [-0.4, -0.2) is 28.9 Å². The van der Waals surface area contributed by atoms with Gasteiger partial charge in [-0.05, 0) is 25.0 Å². The molecule has 1 aromatic rings. The van der Waals surface area contributed by atoms with Crippen LogP contribution in [0.3, 0.4) is 0 Å². The summed E-state index contributed by atoms with van der Waals surface area (Å²) >= 11 is 5.92. The average molecular weight is 239 g/mol. The number of halogens is 1. The highest BCUT2D eigenvalue weighted by Crippen LogP contribution is 2.17. The predicted molar refractivity (Wildman–Crippen MR) is 63.6 cm³/mol. The highest BCUT2D eigenvalue weighted by atomic mass is 35.5. The first-order chi connectivity index (χ1) is 7.79. The predicted octanol–water partition coefficient (Wildman–Crippen LogP) is 2.75. The van der Waals surface area contributed by atoms with E-state index in [1.165, 1.54) is 12.8 Å². The van der Waals surface area contributed by atoms with E-state index in [4.69, 9.17) is 11.6 Å². The molecule has 0 atom stereocenters. The van der Waals surface area contributed by atoms with E-state index in [-0.39, 0.29) is 5.91 Å². The lowest BCUT2D eigenvalue weighted by atomic mass is 10.2. The van der Waals surface area contributed by atoms with E-state index in [0.717, 1.165) is 25.9 Å². The second-order valence-electron chi connectivity index (χ2n) is 4.05. The Morgan fingerprint density at radius 2 is 1.94 bits per heavy atom. The number of hydrogen-bond donors (Lipinski definition) is 0. The zero-order chi connectivity index (χ0) is 11.4. The Hall–Kier alpha value is -1.09. The molecular formula is C12H15ClN2O. The molecule has 0 unspecified atom stereocenters.